The first-order valence-electron chi connectivity index (χ1n) is 4.96. The quantitative estimate of drug-likeness (QED) is 0.614. The van der Waals surface area contributed by atoms with Crippen molar-refractivity contribution in [3.8, 4) is 0 Å². The summed E-state index contributed by atoms with van der Waals surface area (Å²) < 4.78 is 10.9. The first-order valence-corrected chi connectivity index (χ1v) is 6.69. The molecular weight excluding hydrogens is 232 g/mol. The minimum absolute atomic E-state index is 0.253. The molecule has 0 saturated heterocycles. The van der Waals surface area contributed by atoms with Crippen LogP contribution in [0.2, 0.25) is 0 Å². The summed E-state index contributed by atoms with van der Waals surface area (Å²) in [5.41, 5.74) is 0. The van der Waals surface area contributed by atoms with E-state index in [-0.39, 0.29) is 6.04 Å². The molecule has 0 aliphatic rings. The summed E-state index contributed by atoms with van der Waals surface area (Å²) in [4.78, 5) is 22.0. The molecule has 2 amide bonds. The van der Waals surface area contributed by atoms with Gasteiger partial charge in [-0.1, -0.05) is 6.92 Å². The molecule has 0 aliphatic heterocycles. The highest BCUT2D eigenvalue weighted by Crippen LogP contribution is 1.91. The smallest absolute Gasteiger partial charge is 0.326 e. The molecule has 7 heteroatoms. The lowest BCUT2D eigenvalue weighted by Gasteiger charge is -2.16. The van der Waals surface area contributed by atoms with Crippen molar-refractivity contribution in [2.75, 3.05) is 12.0 Å². The summed E-state index contributed by atoms with van der Waals surface area (Å²) in [5.74, 6) is -0.721. The van der Waals surface area contributed by atoms with Crippen molar-refractivity contribution >= 4 is 22.8 Å². The lowest BCUT2D eigenvalue weighted by atomic mass is 10.2. The lowest BCUT2D eigenvalue weighted by Crippen LogP contribution is -2.49. The van der Waals surface area contributed by atoms with E-state index in [4.69, 9.17) is 5.11 Å². The number of rotatable bonds is 6. The van der Waals surface area contributed by atoms with Crippen LogP contribution in [0.5, 0.6) is 0 Å². The third-order valence-corrected chi connectivity index (χ3v) is 2.84. The SMILES string of the molecule is CC[C@H](NC(=O)NC(C)CS(C)=O)C(=O)O. The van der Waals surface area contributed by atoms with Crippen molar-refractivity contribution in [2.45, 2.75) is 32.4 Å². The van der Waals surface area contributed by atoms with Gasteiger partial charge in [-0.3, -0.25) is 4.21 Å². The average Bonchev–Trinajstić information content (AvgIpc) is 2.11. The number of hydrogen-bond acceptors (Lipinski definition) is 3. The van der Waals surface area contributed by atoms with E-state index in [0.717, 1.165) is 0 Å². The van der Waals surface area contributed by atoms with Crippen molar-refractivity contribution in [2.24, 2.45) is 0 Å². The zero-order valence-corrected chi connectivity index (χ0v) is 10.5. The third-order valence-electron chi connectivity index (χ3n) is 1.87. The maximum Gasteiger partial charge on any atom is 0.326 e. The largest absolute Gasteiger partial charge is 0.480 e. The maximum atomic E-state index is 11.3. The van der Waals surface area contributed by atoms with Crippen molar-refractivity contribution in [1.29, 1.82) is 0 Å². The molecule has 0 rings (SSSR count). The fourth-order valence-electron chi connectivity index (χ4n) is 1.16. The predicted molar refractivity (Wildman–Crippen MR) is 61.8 cm³/mol. The molecule has 94 valence electrons. The molecule has 0 aliphatic carbocycles. The number of urea groups is 1. The number of amides is 2. The molecule has 0 heterocycles. The molecule has 0 aromatic rings. The van der Waals surface area contributed by atoms with E-state index in [9.17, 15) is 13.8 Å². The zero-order chi connectivity index (χ0) is 12.7. The van der Waals surface area contributed by atoms with E-state index in [1.54, 1.807) is 20.1 Å². The van der Waals surface area contributed by atoms with Gasteiger partial charge in [-0.2, -0.15) is 0 Å². The number of carbonyl (C=O) groups is 2. The molecule has 0 aromatic heterocycles. The number of nitrogens with one attached hydrogen (secondary N) is 2. The predicted octanol–water partition coefficient (Wildman–Crippen LogP) is -0.0842. The molecule has 16 heavy (non-hydrogen) atoms. The van der Waals surface area contributed by atoms with E-state index in [0.29, 0.717) is 12.2 Å². The molecule has 6 nitrogen and oxygen atoms in total. The lowest BCUT2D eigenvalue weighted by molar-refractivity contribution is -0.139. The van der Waals surface area contributed by atoms with E-state index in [2.05, 4.69) is 10.6 Å². The van der Waals surface area contributed by atoms with Gasteiger partial charge in [0.1, 0.15) is 6.04 Å². The van der Waals surface area contributed by atoms with Crippen LogP contribution in [0, 0.1) is 0 Å². The maximum absolute atomic E-state index is 11.3. The van der Waals surface area contributed by atoms with E-state index < -0.39 is 28.8 Å². The van der Waals surface area contributed by atoms with Gasteiger partial charge < -0.3 is 15.7 Å². The highest BCUT2D eigenvalue weighted by Gasteiger charge is 2.18. The second-order valence-electron chi connectivity index (χ2n) is 3.56. The van der Waals surface area contributed by atoms with Gasteiger partial charge in [-0.25, -0.2) is 9.59 Å². The van der Waals surface area contributed by atoms with Crippen LogP contribution in [0.1, 0.15) is 20.3 Å². The molecule has 2 unspecified atom stereocenters. The number of carboxylic acids is 1. The molecule has 3 atom stereocenters. The van der Waals surface area contributed by atoms with Gasteiger partial charge in [0.2, 0.25) is 0 Å². The second kappa shape index (κ2) is 7.21. The molecule has 0 spiro atoms. The molecule has 0 bridgehead atoms. The Kier molecular flexibility index (Phi) is 6.71. The van der Waals surface area contributed by atoms with Crippen LogP contribution in [0.3, 0.4) is 0 Å². The Morgan fingerprint density at radius 1 is 1.38 bits per heavy atom. The van der Waals surface area contributed by atoms with E-state index in [1.807, 2.05) is 0 Å². The highest BCUT2D eigenvalue weighted by molar-refractivity contribution is 7.84. The number of carboxylic acid groups (broad SMARTS) is 1. The Bertz CT molecular complexity index is 283. The standard InChI is InChI=1S/C9H18N2O4S/c1-4-7(8(12)13)11-9(14)10-6(2)5-16(3)15/h6-7H,4-5H2,1-3H3,(H,12,13)(H2,10,11,14)/t6?,7-,16?/m0/s1. The van der Waals surface area contributed by atoms with Gasteiger partial charge in [0.25, 0.3) is 0 Å². The number of carbonyl (C=O) groups excluding carboxylic acids is 1. The minimum atomic E-state index is -1.07. The molecule has 0 saturated carbocycles. The van der Waals surface area contributed by atoms with Gasteiger partial charge in [0.05, 0.1) is 0 Å². The molecule has 0 aromatic carbocycles. The Hall–Kier alpha value is -1.11. The summed E-state index contributed by atoms with van der Waals surface area (Å²) in [5, 5.41) is 13.6. The van der Waals surface area contributed by atoms with Gasteiger partial charge in [-0.05, 0) is 13.3 Å². The number of aliphatic carboxylic acids is 1. The first-order chi connectivity index (χ1) is 7.36. The Morgan fingerprint density at radius 2 is 1.94 bits per heavy atom. The normalized spacial score (nSPS) is 15.9. The van der Waals surface area contributed by atoms with Crippen LogP contribution in [0.15, 0.2) is 0 Å². The average molecular weight is 250 g/mol. The van der Waals surface area contributed by atoms with E-state index in [1.165, 1.54) is 0 Å². The van der Waals surface area contributed by atoms with Gasteiger partial charge >= 0.3 is 12.0 Å². The van der Waals surface area contributed by atoms with Gasteiger partial charge in [0, 0.05) is 28.9 Å². The molecule has 3 N–H and O–H groups in total. The van der Waals surface area contributed by atoms with Gasteiger partial charge in [0.15, 0.2) is 0 Å². The number of hydrogen-bond donors (Lipinski definition) is 3. The highest BCUT2D eigenvalue weighted by atomic mass is 32.2. The Morgan fingerprint density at radius 3 is 2.31 bits per heavy atom. The topological polar surface area (TPSA) is 95.5 Å². The van der Waals surface area contributed by atoms with E-state index >= 15 is 0 Å². The summed E-state index contributed by atoms with van der Waals surface area (Å²) >= 11 is 0. The fraction of sp³-hybridized carbons (Fsp3) is 0.778. The monoisotopic (exact) mass is 250 g/mol. The third kappa shape index (κ3) is 6.39. The Labute approximate surface area is 97.3 Å². The van der Waals surface area contributed by atoms with Crippen LogP contribution in [0.25, 0.3) is 0 Å². The fourth-order valence-corrected chi connectivity index (χ4v) is 1.94. The molecule has 0 fully saturated rings. The minimum Gasteiger partial charge on any atom is -0.480 e. The van der Waals surface area contributed by atoms with Crippen LogP contribution in [0.4, 0.5) is 4.79 Å². The first kappa shape index (κ1) is 14.9. The van der Waals surface area contributed by atoms with Crippen LogP contribution >= 0.6 is 0 Å². The van der Waals surface area contributed by atoms with Gasteiger partial charge in [-0.15, -0.1) is 0 Å². The van der Waals surface area contributed by atoms with Crippen molar-refractivity contribution < 1.29 is 18.9 Å². The van der Waals surface area contributed by atoms with Crippen molar-refractivity contribution in [1.82, 2.24) is 10.6 Å². The molecular formula is C9H18N2O4S. The summed E-state index contributed by atoms with van der Waals surface area (Å²) in [6.45, 7) is 3.38. The second-order valence-corrected chi connectivity index (χ2v) is 5.04. The van der Waals surface area contributed by atoms with Crippen LogP contribution < -0.4 is 10.6 Å². The summed E-state index contributed by atoms with van der Waals surface area (Å²) in [6.07, 6.45) is 1.86. The summed E-state index contributed by atoms with van der Waals surface area (Å²) in [6, 6.07) is -1.69. The molecule has 0 radical (unpaired) electrons. The Balaban J connectivity index is 4.06. The van der Waals surface area contributed by atoms with Crippen molar-refractivity contribution in [3.63, 3.8) is 0 Å². The van der Waals surface area contributed by atoms with Crippen LogP contribution in [-0.2, 0) is 15.6 Å². The summed E-state index contributed by atoms with van der Waals surface area (Å²) in [7, 11) is -0.994. The van der Waals surface area contributed by atoms with Crippen molar-refractivity contribution in [3.05, 3.63) is 0 Å². The zero-order valence-electron chi connectivity index (χ0n) is 9.65. The van der Waals surface area contributed by atoms with Crippen LogP contribution in [-0.4, -0.2) is 45.4 Å².